The molecule has 3 rings (SSSR count). The SMILES string of the molecule is CCC(C)CC1(C)c2cc(S(=O)(=O)O)ccc2N(C)C1C(=O)C(C)(c1cc(S(=O)(=O)O)ccc1NC(C)(C)S(=O)(=O)O)C(C)(C)C. The lowest BCUT2D eigenvalue weighted by Gasteiger charge is -2.48. The van der Waals surface area contributed by atoms with Crippen LogP contribution in [0.2, 0.25) is 0 Å². The zero-order valence-electron chi connectivity index (χ0n) is 27.9. The molecule has 0 bridgehead atoms. The molecule has 4 atom stereocenters. The summed E-state index contributed by atoms with van der Waals surface area (Å²) in [5.41, 5.74) is -2.38. The average molecular weight is 703 g/mol. The predicted molar refractivity (Wildman–Crippen MR) is 177 cm³/mol. The highest BCUT2D eigenvalue weighted by Crippen LogP contribution is 2.54. The van der Waals surface area contributed by atoms with Gasteiger partial charge in [0.05, 0.1) is 21.2 Å². The number of hydrogen-bond donors (Lipinski definition) is 4. The van der Waals surface area contributed by atoms with E-state index in [1.165, 1.54) is 38.1 Å². The summed E-state index contributed by atoms with van der Waals surface area (Å²) in [6.45, 7) is 15.2. The van der Waals surface area contributed by atoms with Crippen molar-refractivity contribution in [2.24, 2.45) is 11.3 Å². The molecule has 1 aliphatic heterocycles. The summed E-state index contributed by atoms with van der Waals surface area (Å²) >= 11 is 0. The maximum Gasteiger partial charge on any atom is 0.294 e. The molecule has 0 fully saturated rings. The van der Waals surface area contributed by atoms with Crippen LogP contribution in [-0.2, 0) is 46.0 Å². The zero-order chi connectivity index (χ0) is 35.6. The molecule has 0 spiro atoms. The lowest BCUT2D eigenvalue weighted by atomic mass is 9.57. The second-order valence-corrected chi connectivity index (χ2v) is 19.1. The van der Waals surface area contributed by atoms with Crippen LogP contribution in [-0.4, -0.2) is 62.7 Å². The third kappa shape index (κ3) is 6.59. The first kappa shape index (κ1) is 37.9. The number of nitrogens with zero attached hydrogens (tertiary/aromatic N) is 1. The second-order valence-electron chi connectivity index (χ2n) is 14.3. The largest absolute Gasteiger partial charge is 0.365 e. The number of rotatable bonds is 11. The van der Waals surface area contributed by atoms with Gasteiger partial charge in [0.15, 0.2) is 10.7 Å². The van der Waals surface area contributed by atoms with Gasteiger partial charge >= 0.3 is 0 Å². The van der Waals surface area contributed by atoms with E-state index in [0.717, 1.165) is 18.6 Å². The first-order valence-electron chi connectivity index (χ1n) is 14.8. The van der Waals surface area contributed by atoms with Crippen molar-refractivity contribution in [2.75, 3.05) is 17.3 Å². The van der Waals surface area contributed by atoms with Crippen LogP contribution < -0.4 is 10.2 Å². The molecule has 0 aliphatic carbocycles. The topological polar surface area (TPSA) is 195 Å². The van der Waals surface area contributed by atoms with Gasteiger partial charge in [0, 0.05) is 23.8 Å². The van der Waals surface area contributed by atoms with Crippen LogP contribution in [0.15, 0.2) is 46.2 Å². The van der Waals surface area contributed by atoms with Crippen molar-refractivity contribution in [1.29, 1.82) is 0 Å². The number of hydrogen-bond acceptors (Lipinski definition) is 9. The molecule has 4 unspecified atom stereocenters. The number of anilines is 2. The van der Waals surface area contributed by atoms with Crippen molar-refractivity contribution in [3.8, 4) is 0 Å². The highest BCUT2D eigenvalue weighted by Gasteiger charge is 2.58. The number of nitrogens with one attached hydrogen (secondary N) is 1. The normalized spacial score (nSPS) is 21.4. The third-order valence-corrected chi connectivity index (χ3v) is 13.0. The maximum atomic E-state index is 15.4. The van der Waals surface area contributed by atoms with E-state index in [9.17, 15) is 38.9 Å². The Morgan fingerprint density at radius 2 is 1.41 bits per heavy atom. The second kappa shape index (κ2) is 11.8. The fraction of sp³-hybridized carbons (Fsp3) is 0.581. The van der Waals surface area contributed by atoms with Gasteiger partial charge in [0.25, 0.3) is 30.4 Å². The highest BCUT2D eigenvalue weighted by atomic mass is 32.2. The summed E-state index contributed by atoms with van der Waals surface area (Å²) in [4.78, 5) is 14.4. The van der Waals surface area contributed by atoms with Crippen molar-refractivity contribution >= 4 is 47.5 Å². The van der Waals surface area contributed by atoms with Gasteiger partial charge in [-0.05, 0) is 86.1 Å². The zero-order valence-corrected chi connectivity index (χ0v) is 30.4. The van der Waals surface area contributed by atoms with E-state index in [4.69, 9.17) is 0 Å². The molecule has 1 heterocycles. The highest BCUT2D eigenvalue weighted by molar-refractivity contribution is 7.87. The van der Waals surface area contributed by atoms with Gasteiger partial charge in [-0.15, -0.1) is 0 Å². The Kier molecular flexibility index (Phi) is 9.76. The van der Waals surface area contributed by atoms with Crippen LogP contribution in [0.3, 0.4) is 0 Å². The van der Waals surface area contributed by atoms with Gasteiger partial charge in [-0.25, -0.2) is 0 Å². The van der Waals surface area contributed by atoms with Crippen LogP contribution in [0.1, 0.15) is 86.3 Å². The lowest BCUT2D eigenvalue weighted by Crippen LogP contribution is -2.58. The van der Waals surface area contributed by atoms with Gasteiger partial charge < -0.3 is 10.2 Å². The van der Waals surface area contributed by atoms with E-state index < -0.39 is 68.2 Å². The molecule has 258 valence electrons. The van der Waals surface area contributed by atoms with Crippen molar-refractivity contribution in [3.63, 3.8) is 0 Å². The predicted octanol–water partition coefficient (Wildman–Crippen LogP) is 5.30. The Morgan fingerprint density at radius 3 is 1.87 bits per heavy atom. The van der Waals surface area contributed by atoms with Crippen LogP contribution in [0, 0.1) is 11.3 Å². The van der Waals surface area contributed by atoms with Crippen LogP contribution in [0.25, 0.3) is 0 Å². The number of ketones is 1. The molecule has 4 N–H and O–H groups in total. The summed E-state index contributed by atoms with van der Waals surface area (Å²) in [6.07, 6.45) is 1.19. The van der Waals surface area contributed by atoms with E-state index in [-0.39, 0.29) is 22.1 Å². The van der Waals surface area contributed by atoms with Crippen molar-refractivity contribution in [3.05, 3.63) is 47.5 Å². The van der Waals surface area contributed by atoms with E-state index in [1.807, 2.05) is 20.8 Å². The summed E-state index contributed by atoms with van der Waals surface area (Å²) < 4.78 is 103. The molecule has 2 aromatic rings. The molecular weight excluding hydrogens is 657 g/mol. The number of Topliss-reactive ketones (excluding diaryl/α,β-unsaturated/α-hetero) is 1. The van der Waals surface area contributed by atoms with Crippen LogP contribution in [0.5, 0.6) is 0 Å². The van der Waals surface area contributed by atoms with Gasteiger partial charge in [0.1, 0.15) is 0 Å². The first-order chi connectivity index (χ1) is 20.5. The summed E-state index contributed by atoms with van der Waals surface area (Å²) in [7, 11) is -12.4. The van der Waals surface area contributed by atoms with Crippen molar-refractivity contribution in [2.45, 2.75) is 107 Å². The number of benzene rings is 2. The van der Waals surface area contributed by atoms with Gasteiger partial charge in [-0.1, -0.05) is 48.0 Å². The number of likely N-dealkylation sites (N-methyl/N-ethyl adjacent to an activating group) is 1. The van der Waals surface area contributed by atoms with Crippen molar-refractivity contribution in [1.82, 2.24) is 0 Å². The number of fused-ring (bicyclic) bond motifs is 1. The number of carbonyl (C=O) groups excluding carboxylic acids is 1. The fourth-order valence-electron chi connectivity index (χ4n) is 6.48. The molecule has 0 aromatic heterocycles. The van der Waals surface area contributed by atoms with E-state index >= 15 is 4.79 Å². The van der Waals surface area contributed by atoms with Gasteiger partial charge in [-0.3, -0.25) is 18.5 Å². The molecule has 15 heteroatoms. The summed E-state index contributed by atoms with van der Waals surface area (Å²) in [5, 5.41) is 2.77. The molecule has 0 saturated heterocycles. The average Bonchev–Trinajstić information content (AvgIpc) is 3.10. The molecule has 0 radical (unpaired) electrons. The minimum absolute atomic E-state index is 0.0382. The van der Waals surface area contributed by atoms with E-state index in [1.54, 1.807) is 39.6 Å². The quantitative estimate of drug-likeness (QED) is 0.221. The van der Waals surface area contributed by atoms with Crippen LogP contribution >= 0.6 is 0 Å². The monoisotopic (exact) mass is 702 g/mol. The maximum absolute atomic E-state index is 15.4. The van der Waals surface area contributed by atoms with E-state index in [2.05, 4.69) is 5.32 Å². The smallest absolute Gasteiger partial charge is 0.294 e. The van der Waals surface area contributed by atoms with Gasteiger partial charge in [-0.2, -0.15) is 25.3 Å². The molecular formula is C31H46N2O10S3. The Bertz CT molecular complexity index is 1870. The molecule has 12 nitrogen and oxygen atoms in total. The Labute approximate surface area is 273 Å². The lowest BCUT2D eigenvalue weighted by molar-refractivity contribution is -0.130. The Hall–Kier alpha value is -2.56. The molecule has 0 amide bonds. The fourth-order valence-corrected chi connectivity index (χ4v) is 7.74. The molecule has 46 heavy (non-hydrogen) atoms. The minimum atomic E-state index is -4.78. The number of carbonyl (C=O) groups is 1. The van der Waals surface area contributed by atoms with Gasteiger partial charge in [0.2, 0.25) is 0 Å². The van der Waals surface area contributed by atoms with Crippen LogP contribution in [0.4, 0.5) is 11.4 Å². The van der Waals surface area contributed by atoms with Crippen molar-refractivity contribution < 1.29 is 43.7 Å². The third-order valence-electron chi connectivity index (χ3n) is 9.87. The summed E-state index contributed by atoms with van der Waals surface area (Å²) in [6, 6.07) is 6.67. The molecule has 1 aliphatic rings. The Balaban J connectivity index is 2.44. The Morgan fingerprint density at radius 1 is 0.913 bits per heavy atom. The molecule has 2 aromatic carbocycles. The standard InChI is InChI=1S/C31H46N2O10S3/c1-11-19(2)18-30(8)23-17-21(45(38,39)40)13-15-25(23)33(10)26(30)27(34)31(9,28(3,4)5)22-16-20(44(35,36)37)12-14-24(22)32-29(6,7)46(41,42)43/h12-17,19,26,32H,11,18H2,1-10H3,(H,35,36,37)(H,38,39,40)(H,41,42,43). The summed E-state index contributed by atoms with van der Waals surface area (Å²) in [5.74, 6) is -0.316. The molecule has 0 saturated carbocycles. The first-order valence-corrected chi connectivity index (χ1v) is 19.1. The van der Waals surface area contributed by atoms with E-state index in [0.29, 0.717) is 17.7 Å². The minimum Gasteiger partial charge on any atom is -0.365 e.